The first-order valence-corrected chi connectivity index (χ1v) is 10.2. The lowest BCUT2D eigenvalue weighted by Gasteiger charge is -2.34. The zero-order valence-electron chi connectivity index (χ0n) is 16.6. The van der Waals surface area contributed by atoms with Gasteiger partial charge in [0.15, 0.2) is 0 Å². The molecule has 2 heterocycles. The van der Waals surface area contributed by atoms with Crippen molar-refractivity contribution in [2.75, 3.05) is 33.4 Å². The van der Waals surface area contributed by atoms with Gasteiger partial charge in [0.25, 0.3) is 0 Å². The fourth-order valence-electron chi connectivity index (χ4n) is 4.25. The Bertz CT molecular complexity index is 691. The van der Waals surface area contributed by atoms with E-state index in [2.05, 4.69) is 36.2 Å². The maximum absolute atomic E-state index is 13.0. The minimum absolute atomic E-state index is 0.00964. The predicted octanol–water partition coefficient (Wildman–Crippen LogP) is 2.77. The number of carbonyl (C=O) groups excluding carboxylic acids is 1. The number of fused-ring (bicyclic) bond motifs is 1. The van der Waals surface area contributed by atoms with E-state index in [0.29, 0.717) is 26.2 Å². The summed E-state index contributed by atoms with van der Waals surface area (Å²) in [7, 11) is 2.15. The van der Waals surface area contributed by atoms with E-state index in [4.69, 9.17) is 4.74 Å². The molecule has 27 heavy (non-hydrogen) atoms. The van der Waals surface area contributed by atoms with Crippen LogP contribution in [0.15, 0.2) is 18.2 Å². The van der Waals surface area contributed by atoms with Crippen molar-refractivity contribution in [2.24, 2.45) is 5.92 Å². The van der Waals surface area contributed by atoms with Crippen LogP contribution in [0.4, 0.5) is 0 Å². The first kappa shape index (κ1) is 19.9. The third-order valence-corrected chi connectivity index (χ3v) is 5.90. The number of hydrogen-bond acceptors (Lipinski definition) is 4. The summed E-state index contributed by atoms with van der Waals surface area (Å²) in [4.78, 5) is 17.2. The second kappa shape index (κ2) is 9.34. The van der Waals surface area contributed by atoms with Gasteiger partial charge < -0.3 is 14.5 Å². The van der Waals surface area contributed by atoms with Crippen molar-refractivity contribution in [1.29, 1.82) is 5.26 Å². The molecular formula is C22H31N3O2. The Kier molecular flexibility index (Phi) is 6.87. The molecule has 3 rings (SSSR count). The normalized spacial score (nSPS) is 19.1. The van der Waals surface area contributed by atoms with Crippen LogP contribution in [0.3, 0.4) is 0 Å². The molecule has 1 aromatic carbocycles. The molecule has 2 aliphatic rings. The summed E-state index contributed by atoms with van der Waals surface area (Å²) in [6.45, 7) is 6.16. The highest BCUT2D eigenvalue weighted by Gasteiger charge is 2.29. The highest BCUT2D eigenvalue weighted by molar-refractivity contribution is 5.81. The van der Waals surface area contributed by atoms with Crippen LogP contribution in [0.5, 0.6) is 0 Å². The lowest BCUT2D eigenvalue weighted by atomic mass is 9.93. The standard InChI is InChI=1S/C22H31N3O2/c1-3-25(21-9-12-27-13-10-21)22(26)19(15-23)7-5-17-4-6-18-8-11-24(2)16-20(18)14-17/h4,6,14,19,21H,3,5,7-13,16H2,1-2H3. The molecule has 1 aromatic rings. The molecule has 5 nitrogen and oxygen atoms in total. The largest absolute Gasteiger partial charge is 0.381 e. The third-order valence-electron chi connectivity index (χ3n) is 5.90. The van der Waals surface area contributed by atoms with Crippen molar-refractivity contribution in [3.8, 4) is 6.07 Å². The second-order valence-electron chi connectivity index (χ2n) is 7.78. The average Bonchev–Trinajstić information content (AvgIpc) is 2.69. The maximum Gasteiger partial charge on any atom is 0.240 e. The van der Waals surface area contributed by atoms with Crippen LogP contribution in [0.25, 0.3) is 0 Å². The monoisotopic (exact) mass is 369 g/mol. The summed E-state index contributed by atoms with van der Waals surface area (Å²) in [5.74, 6) is -0.573. The summed E-state index contributed by atoms with van der Waals surface area (Å²) in [6, 6.07) is 9.13. The van der Waals surface area contributed by atoms with Crippen LogP contribution >= 0.6 is 0 Å². The Morgan fingerprint density at radius 3 is 2.85 bits per heavy atom. The molecule has 0 aliphatic carbocycles. The van der Waals surface area contributed by atoms with Crippen LogP contribution in [-0.2, 0) is 28.9 Å². The van der Waals surface area contributed by atoms with Gasteiger partial charge in [0.05, 0.1) is 6.07 Å². The molecule has 1 saturated heterocycles. The molecule has 1 unspecified atom stereocenters. The molecule has 2 aliphatic heterocycles. The maximum atomic E-state index is 13.0. The summed E-state index contributed by atoms with van der Waals surface area (Å²) >= 11 is 0. The Balaban J connectivity index is 1.62. The summed E-state index contributed by atoms with van der Waals surface area (Å²) < 4.78 is 5.41. The predicted molar refractivity (Wildman–Crippen MR) is 105 cm³/mol. The molecule has 0 radical (unpaired) electrons. The van der Waals surface area contributed by atoms with Crippen molar-refractivity contribution in [3.63, 3.8) is 0 Å². The van der Waals surface area contributed by atoms with Gasteiger partial charge in [0, 0.05) is 38.9 Å². The van der Waals surface area contributed by atoms with E-state index in [1.165, 1.54) is 16.7 Å². The topological polar surface area (TPSA) is 56.6 Å². The van der Waals surface area contributed by atoms with Gasteiger partial charge in [-0.3, -0.25) is 4.79 Å². The lowest BCUT2D eigenvalue weighted by Crippen LogP contribution is -2.45. The SMILES string of the molecule is CCN(C(=O)C(C#N)CCc1ccc2c(c1)CN(C)CC2)C1CCOCC1. The van der Waals surface area contributed by atoms with Crippen molar-refractivity contribution in [3.05, 3.63) is 34.9 Å². The fourth-order valence-corrected chi connectivity index (χ4v) is 4.25. The van der Waals surface area contributed by atoms with Gasteiger partial charge in [-0.1, -0.05) is 18.2 Å². The second-order valence-corrected chi connectivity index (χ2v) is 7.78. The van der Waals surface area contributed by atoms with Gasteiger partial charge in [-0.05, 0) is 62.8 Å². The summed E-state index contributed by atoms with van der Waals surface area (Å²) in [5.41, 5.74) is 4.05. The number of nitrogens with zero attached hydrogens (tertiary/aromatic N) is 3. The van der Waals surface area contributed by atoms with E-state index in [1.807, 2.05) is 11.8 Å². The van der Waals surface area contributed by atoms with E-state index >= 15 is 0 Å². The summed E-state index contributed by atoms with van der Waals surface area (Å²) in [6.07, 6.45) is 4.20. The minimum atomic E-state index is -0.563. The van der Waals surface area contributed by atoms with Crippen LogP contribution in [0, 0.1) is 17.2 Å². The van der Waals surface area contributed by atoms with Gasteiger partial charge in [-0.25, -0.2) is 0 Å². The van der Waals surface area contributed by atoms with Crippen LogP contribution in [0.1, 0.15) is 42.9 Å². The highest BCUT2D eigenvalue weighted by Crippen LogP contribution is 2.22. The molecular weight excluding hydrogens is 338 g/mol. The van der Waals surface area contributed by atoms with Crippen molar-refractivity contribution < 1.29 is 9.53 Å². The molecule has 5 heteroatoms. The van der Waals surface area contributed by atoms with Crippen molar-refractivity contribution in [1.82, 2.24) is 9.80 Å². The van der Waals surface area contributed by atoms with E-state index in [-0.39, 0.29) is 11.9 Å². The number of ether oxygens (including phenoxy) is 1. The number of carbonyl (C=O) groups is 1. The molecule has 0 bridgehead atoms. The van der Waals surface area contributed by atoms with Crippen molar-refractivity contribution in [2.45, 2.75) is 51.6 Å². The number of rotatable bonds is 6. The number of benzene rings is 1. The Hall–Kier alpha value is -1.90. The van der Waals surface area contributed by atoms with Gasteiger partial charge in [-0.2, -0.15) is 5.26 Å². The first-order chi connectivity index (χ1) is 13.1. The molecule has 0 saturated carbocycles. The van der Waals surface area contributed by atoms with Gasteiger partial charge in [0.2, 0.25) is 5.91 Å². The van der Waals surface area contributed by atoms with E-state index in [9.17, 15) is 10.1 Å². The van der Waals surface area contributed by atoms with Crippen molar-refractivity contribution >= 4 is 5.91 Å². The van der Waals surface area contributed by atoms with Gasteiger partial charge in [-0.15, -0.1) is 0 Å². The molecule has 0 aromatic heterocycles. The molecule has 146 valence electrons. The Morgan fingerprint density at radius 2 is 2.15 bits per heavy atom. The highest BCUT2D eigenvalue weighted by atomic mass is 16.5. The Morgan fingerprint density at radius 1 is 1.37 bits per heavy atom. The quantitative estimate of drug-likeness (QED) is 0.774. The molecule has 0 N–H and O–H groups in total. The van der Waals surface area contributed by atoms with E-state index in [1.54, 1.807) is 0 Å². The van der Waals surface area contributed by atoms with E-state index in [0.717, 1.165) is 38.8 Å². The fraction of sp³-hybridized carbons (Fsp3) is 0.636. The molecule has 0 spiro atoms. The van der Waals surface area contributed by atoms with Crippen LogP contribution < -0.4 is 0 Å². The number of aryl methyl sites for hydroxylation is 1. The lowest BCUT2D eigenvalue weighted by molar-refractivity contribution is -0.137. The Labute approximate surface area is 162 Å². The molecule has 1 amide bonds. The molecule has 1 atom stereocenters. The zero-order chi connectivity index (χ0) is 19.2. The first-order valence-electron chi connectivity index (χ1n) is 10.2. The van der Waals surface area contributed by atoms with E-state index < -0.39 is 5.92 Å². The zero-order valence-corrected chi connectivity index (χ0v) is 16.6. The van der Waals surface area contributed by atoms with Crippen LogP contribution in [-0.4, -0.2) is 55.1 Å². The number of nitriles is 1. The number of hydrogen-bond donors (Lipinski definition) is 0. The minimum Gasteiger partial charge on any atom is -0.381 e. The molecule has 1 fully saturated rings. The number of likely N-dealkylation sites (N-methyl/N-ethyl adjacent to an activating group) is 1. The average molecular weight is 370 g/mol. The smallest absolute Gasteiger partial charge is 0.240 e. The number of amides is 1. The third kappa shape index (κ3) is 4.88. The van der Waals surface area contributed by atoms with Crippen LogP contribution in [0.2, 0.25) is 0 Å². The summed E-state index contributed by atoms with van der Waals surface area (Å²) in [5, 5.41) is 9.62. The van der Waals surface area contributed by atoms with Gasteiger partial charge in [0.1, 0.15) is 5.92 Å². The van der Waals surface area contributed by atoms with Gasteiger partial charge >= 0.3 is 0 Å².